The topological polar surface area (TPSA) is 101 Å². The Labute approximate surface area is 144 Å². The Morgan fingerprint density at radius 1 is 1.17 bits per heavy atom. The summed E-state index contributed by atoms with van der Waals surface area (Å²) in [6, 6.07) is 6.60. The van der Waals surface area contributed by atoms with E-state index in [4.69, 9.17) is 5.73 Å². The van der Waals surface area contributed by atoms with Crippen LogP contribution in [0.15, 0.2) is 24.3 Å². The van der Waals surface area contributed by atoms with Crippen molar-refractivity contribution in [2.24, 2.45) is 5.73 Å². The van der Waals surface area contributed by atoms with Gasteiger partial charge in [0.1, 0.15) is 5.00 Å². The van der Waals surface area contributed by atoms with Crippen LogP contribution in [0, 0.1) is 13.8 Å². The average molecular weight is 345 g/mol. The molecule has 0 saturated carbocycles. The van der Waals surface area contributed by atoms with E-state index in [2.05, 4.69) is 10.6 Å². The summed E-state index contributed by atoms with van der Waals surface area (Å²) < 4.78 is 0. The number of nitrogens with one attached hydrogen (secondary N) is 2. The molecule has 0 spiro atoms. The monoisotopic (exact) mass is 345 g/mol. The number of primary amides is 1. The minimum Gasteiger partial charge on any atom is -0.365 e. The molecule has 0 aliphatic rings. The molecule has 0 saturated heterocycles. The molecule has 2 rings (SSSR count). The van der Waals surface area contributed by atoms with E-state index in [1.54, 1.807) is 38.1 Å². The number of thiophene rings is 1. The first kappa shape index (κ1) is 17.7. The van der Waals surface area contributed by atoms with Gasteiger partial charge < -0.3 is 16.4 Å². The number of benzene rings is 1. The van der Waals surface area contributed by atoms with E-state index in [1.165, 1.54) is 11.3 Å². The number of anilines is 2. The van der Waals surface area contributed by atoms with Gasteiger partial charge in [0.05, 0.1) is 5.56 Å². The quantitative estimate of drug-likeness (QED) is 0.776. The average Bonchev–Trinajstić information content (AvgIpc) is 2.81. The highest BCUT2D eigenvalue weighted by Gasteiger charge is 2.19. The molecule has 0 unspecified atom stereocenters. The van der Waals surface area contributed by atoms with Gasteiger partial charge in [-0.15, -0.1) is 11.3 Å². The van der Waals surface area contributed by atoms with E-state index >= 15 is 0 Å². The van der Waals surface area contributed by atoms with Crippen LogP contribution in [0.3, 0.4) is 0 Å². The van der Waals surface area contributed by atoms with Gasteiger partial charge in [0.2, 0.25) is 5.91 Å². The molecule has 6 nitrogen and oxygen atoms in total. The smallest absolute Gasteiger partial charge is 0.256 e. The number of nitrogens with two attached hydrogens (primary N) is 1. The normalized spacial score (nSPS) is 10.3. The summed E-state index contributed by atoms with van der Waals surface area (Å²) in [5.74, 6) is -1.07. The van der Waals surface area contributed by atoms with Crippen LogP contribution in [0.1, 0.15) is 44.5 Å². The van der Waals surface area contributed by atoms with Gasteiger partial charge in [0.25, 0.3) is 11.8 Å². The standard InChI is InChI=1S/C17H19N3O3S/c1-4-13(21)19-12-7-5-6-11(8-12)16(23)20-17-14(15(18)22)9(2)10(3)24-17/h5-8H,4H2,1-3H3,(H2,18,22)(H,19,21)(H,20,23). The van der Waals surface area contributed by atoms with Crippen LogP contribution in [0.25, 0.3) is 0 Å². The number of carbonyl (C=O) groups is 3. The first-order valence-corrected chi connectivity index (χ1v) is 8.26. The Balaban J connectivity index is 2.25. The highest BCUT2D eigenvalue weighted by Crippen LogP contribution is 2.32. The van der Waals surface area contributed by atoms with Crippen LogP contribution >= 0.6 is 11.3 Å². The van der Waals surface area contributed by atoms with Gasteiger partial charge in [-0.2, -0.15) is 0 Å². The van der Waals surface area contributed by atoms with Crippen LogP contribution in [-0.4, -0.2) is 17.7 Å². The Kier molecular flexibility index (Phi) is 5.35. The molecule has 3 amide bonds. The Hall–Kier alpha value is -2.67. The lowest BCUT2D eigenvalue weighted by atomic mass is 10.1. The minimum absolute atomic E-state index is 0.131. The first-order chi connectivity index (χ1) is 11.3. The van der Waals surface area contributed by atoms with E-state index in [-0.39, 0.29) is 11.8 Å². The van der Waals surface area contributed by atoms with Crippen molar-refractivity contribution in [2.45, 2.75) is 27.2 Å². The van der Waals surface area contributed by atoms with E-state index in [1.807, 2.05) is 6.92 Å². The SMILES string of the molecule is CCC(=O)Nc1cccc(C(=O)Nc2sc(C)c(C)c2C(N)=O)c1. The summed E-state index contributed by atoms with van der Waals surface area (Å²) in [4.78, 5) is 36.4. The lowest BCUT2D eigenvalue weighted by molar-refractivity contribution is -0.115. The first-order valence-electron chi connectivity index (χ1n) is 7.44. The molecule has 0 fully saturated rings. The zero-order valence-electron chi connectivity index (χ0n) is 13.7. The molecule has 126 valence electrons. The predicted octanol–water partition coefficient (Wildman–Crippen LogP) is 3.06. The molecule has 1 aromatic carbocycles. The maximum atomic E-state index is 12.4. The van der Waals surface area contributed by atoms with Gasteiger partial charge in [-0.1, -0.05) is 13.0 Å². The van der Waals surface area contributed by atoms with Gasteiger partial charge in [0, 0.05) is 22.5 Å². The number of rotatable bonds is 5. The second-order valence-corrected chi connectivity index (χ2v) is 6.51. The Morgan fingerprint density at radius 3 is 2.50 bits per heavy atom. The van der Waals surface area contributed by atoms with Crippen molar-refractivity contribution in [2.75, 3.05) is 10.6 Å². The number of aryl methyl sites for hydroxylation is 1. The second kappa shape index (κ2) is 7.27. The van der Waals surface area contributed by atoms with Gasteiger partial charge in [-0.3, -0.25) is 14.4 Å². The van der Waals surface area contributed by atoms with Crippen LogP contribution in [0.2, 0.25) is 0 Å². The van der Waals surface area contributed by atoms with Crippen LogP contribution in [-0.2, 0) is 4.79 Å². The van der Waals surface area contributed by atoms with Crippen LogP contribution in [0.5, 0.6) is 0 Å². The van der Waals surface area contributed by atoms with Crippen LogP contribution in [0.4, 0.5) is 10.7 Å². The molecular formula is C17H19N3O3S. The number of amides is 3. The third-order valence-corrected chi connectivity index (χ3v) is 4.71. The number of hydrogen-bond donors (Lipinski definition) is 3. The molecule has 24 heavy (non-hydrogen) atoms. The lowest BCUT2D eigenvalue weighted by Gasteiger charge is -2.08. The second-order valence-electron chi connectivity index (χ2n) is 5.29. The summed E-state index contributed by atoms with van der Waals surface area (Å²) in [5.41, 5.74) is 7.43. The molecule has 1 heterocycles. The van der Waals surface area contributed by atoms with Crippen LogP contribution < -0.4 is 16.4 Å². The summed E-state index contributed by atoms with van der Waals surface area (Å²) in [6.45, 7) is 5.41. The van der Waals surface area contributed by atoms with E-state index in [0.717, 1.165) is 10.4 Å². The molecule has 0 aliphatic carbocycles. The fraction of sp³-hybridized carbons (Fsp3) is 0.235. The molecule has 0 atom stereocenters. The fourth-order valence-electron chi connectivity index (χ4n) is 2.17. The van der Waals surface area contributed by atoms with Gasteiger partial charge in [-0.05, 0) is 37.6 Å². The third kappa shape index (κ3) is 3.80. The maximum Gasteiger partial charge on any atom is 0.256 e. The third-order valence-electron chi connectivity index (χ3n) is 3.59. The highest BCUT2D eigenvalue weighted by molar-refractivity contribution is 7.16. The Morgan fingerprint density at radius 2 is 1.88 bits per heavy atom. The van der Waals surface area contributed by atoms with Crippen molar-refractivity contribution < 1.29 is 14.4 Å². The summed E-state index contributed by atoms with van der Waals surface area (Å²) >= 11 is 1.31. The number of carbonyl (C=O) groups excluding carboxylic acids is 3. The molecule has 0 radical (unpaired) electrons. The van der Waals surface area contributed by atoms with Gasteiger partial charge in [0.15, 0.2) is 0 Å². The van der Waals surface area contributed by atoms with Crippen molar-refractivity contribution in [3.63, 3.8) is 0 Å². The van der Waals surface area contributed by atoms with Crippen molar-refractivity contribution in [1.82, 2.24) is 0 Å². The molecule has 0 aliphatic heterocycles. The highest BCUT2D eigenvalue weighted by atomic mass is 32.1. The summed E-state index contributed by atoms with van der Waals surface area (Å²) in [5, 5.41) is 5.87. The molecule has 4 N–H and O–H groups in total. The van der Waals surface area contributed by atoms with Crippen molar-refractivity contribution in [3.8, 4) is 0 Å². The molecular weight excluding hydrogens is 326 g/mol. The van der Waals surface area contributed by atoms with Crippen molar-refractivity contribution in [3.05, 3.63) is 45.8 Å². The molecule has 7 heteroatoms. The fourth-order valence-corrected chi connectivity index (χ4v) is 3.24. The van der Waals surface area contributed by atoms with Gasteiger partial charge >= 0.3 is 0 Å². The zero-order valence-corrected chi connectivity index (χ0v) is 14.5. The minimum atomic E-state index is -0.573. The number of hydrogen-bond acceptors (Lipinski definition) is 4. The largest absolute Gasteiger partial charge is 0.365 e. The van der Waals surface area contributed by atoms with E-state index in [0.29, 0.717) is 28.2 Å². The van der Waals surface area contributed by atoms with E-state index in [9.17, 15) is 14.4 Å². The summed E-state index contributed by atoms with van der Waals surface area (Å²) in [6.07, 6.45) is 0.353. The lowest BCUT2D eigenvalue weighted by Crippen LogP contribution is -2.17. The zero-order chi connectivity index (χ0) is 17.9. The molecule has 0 bridgehead atoms. The van der Waals surface area contributed by atoms with Gasteiger partial charge in [-0.25, -0.2) is 0 Å². The van der Waals surface area contributed by atoms with Crippen molar-refractivity contribution in [1.29, 1.82) is 0 Å². The molecule has 2 aromatic rings. The van der Waals surface area contributed by atoms with E-state index < -0.39 is 5.91 Å². The predicted molar refractivity (Wildman–Crippen MR) is 95.6 cm³/mol. The summed E-state index contributed by atoms with van der Waals surface area (Å²) in [7, 11) is 0. The Bertz CT molecular complexity index is 811. The van der Waals surface area contributed by atoms with Crippen molar-refractivity contribution >= 4 is 39.7 Å². The molecule has 1 aromatic heterocycles. The maximum absolute atomic E-state index is 12.4.